The van der Waals surface area contributed by atoms with Gasteiger partial charge in [-0.2, -0.15) is 0 Å². The number of hydrogen-bond donors (Lipinski definition) is 0. The number of thiazole rings is 1. The summed E-state index contributed by atoms with van der Waals surface area (Å²) in [4.78, 5) is 10.4. The first-order valence-electron chi connectivity index (χ1n) is 16.1. The molecule has 0 aliphatic heterocycles. The van der Waals surface area contributed by atoms with Gasteiger partial charge in [0.05, 0.1) is 15.9 Å². The quantitative estimate of drug-likeness (QED) is 0.175. The van der Waals surface area contributed by atoms with Gasteiger partial charge in [-0.05, 0) is 73.5 Å². The lowest BCUT2D eigenvalue weighted by molar-refractivity contribution is 0.591. The van der Waals surface area contributed by atoms with Gasteiger partial charge in [0.15, 0.2) is 0 Å². The lowest BCUT2D eigenvalue weighted by Crippen LogP contribution is -2.11. The molecule has 0 unspecified atom stereocenters. The number of fused-ring (bicyclic) bond motifs is 3. The van der Waals surface area contributed by atoms with Gasteiger partial charge in [-0.15, -0.1) is 11.3 Å². The summed E-state index contributed by atoms with van der Waals surface area (Å²) in [5, 5.41) is 5.86. The number of hydrogen-bond acceptors (Lipinski definition) is 3. The molecule has 47 heavy (non-hydrogen) atoms. The maximum atomic E-state index is 5.38. The van der Waals surface area contributed by atoms with Crippen LogP contribution in [-0.2, 0) is 5.41 Å². The Labute approximate surface area is 279 Å². The van der Waals surface area contributed by atoms with Gasteiger partial charge in [0, 0.05) is 22.9 Å². The first-order chi connectivity index (χ1) is 22.9. The Morgan fingerprint density at radius 1 is 0.574 bits per heavy atom. The summed E-state index contributed by atoms with van der Waals surface area (Å²) in [6.45, 7) is 6.86. The Bertz CT molecular complexity index is 2440. The van der Waals surface area contributed by atoms with Crippen LogP contribution < -0.4 is 0 Å². The molecule has 0 radical (unpaired) electrons. The van der Waals surface area contributed by atoms with E-state index in [2.05, 4.69) is 166 Å². The van der Waals surface area contributed by atoms with Gasteiger partial charge in [-0.3, -0.25) is 4.99 Å². The third kappa shape index (κ3) is 5.43. The van der Waals surface area contributed by atoms with E-state index in [0.29, 0.717) is 0 Å². The Hall–Kier alpha value is -5.38. The van der Waals surface area contributed by atoms with Crippen LogP contribution in [0, 0.1) is 0 Å². The van der Waals surface area contributed by atoms with E-state index < -0.39 is 0 Å². The fourth-order valence-electron chi connectivity index (χ4n) is 6.46. The van der Waals surface area contributed by atoms with E-state index in [9.17, 15) is 0 Å². The second-order valence-corrected chi connectivity index (χ2v) is 14.1. The molecule has 226 valence electrons. The third-order valence-corrected chi connectivity index (χ3v) is 10.00. The van der Waals surface area contributed by atoms with Crippen molar-refractivity contribution in [1.82, 2.24) is 4.98 Å². The SMILES string of the molecule is CC(C)(C)c1cc(-c2ccc(-c3ccccc3)c3ccccc23)c2nc(-c3ccccc3N=Cc3cccc4ccccc34)sc2c1. The van der Waals surface area contributed by atoms with Gasteiger partial charge in [0.2, 0.25) is 0 Å². The van der Waals surface area contributed by atoms with Crippen molar-refractivity contribution in [2.75, 3.05) is 0 Å². The number of aromatic nitrogens is 1. The highest BCUT2D eigenvalue weighted by atomic mass is 32.1. The van der Waals surface area contributed by atoms with Crippen LogP contribution in [0.1, 0.15) is 31.9 Å². The minimum atomic E-state index is -0.0203. The van der Waals surface area contributed by atoms with E-state index in [1.165, 1.54) is 54.1 Å². The van der Waals surface area contributed by atoms with Crippen LogP contribution in [0.5, 0.6) is 0 Å². The summed E-state index contributed by atoms with van der Waals surface area (Å²) in [5.41, 5.74) is 10.2. The van der Waals surface area contributed by atoms with Crippen LogP contribution in [0.2, 0.25) is 0 Å². The molecule has 0 spiro atoms. The van der Waals surface area contributed by atoms with E-state index in [0.717, 1.165) is 27.3 Å². The van der Waals surface area contributed by atoms with E-state index in [4.69, 9.17) is 9.98 Å². The number of aliphatic imine (C=N–C) groups is 1. The molecule has 7 aromatic carbocycles. The molecular weight excluding hydrogens is 589 g/mol. The Morgan fingerprint density at radius 3 is 2.04 bits per heavy atom. The maximum Gasteiger partial charge on any atom is 0.126 e. The summed E-state index contributed by atoms with van der Waals surface area (Å²) >= 11 is 1.75. The molecule has 1 heterocycles. The molecule has 0 saturated carbocycles. The molecule has 0 amide bonds. The molecule has 2 nitrogen and oxygen atoms in total. The molecule has 0 fully saturated rings. The first kappa shape index (κ1) is 29.1. The highest BCUT2D eigenvalue weighted by Crippen LogP contribution is 2.44. The summed E-state index contributed by atoms with van der Waals surface area (Å²) in [6, 6.07) is 51.8. The normalized spacial score (nSPS) is 12.1. The number of para-hydroxylation sites is 1. The number of rotatable bonds is 5. The molecule has 0 aliphatic carbocycles. The standard InChI is InChI=1S/C44H34N2S/c1-44(2,3)32-26-39(37-25-24-34(30-14-5-4-6-15-30)35-20-9-10-21-36(35)37)42-41(27-32)47-43(46-42)38-22-11-12-23-40(38)45-28-31-18-13-17-29-16-7-8-19-33(29)31/h4-28H,1-3H3. The highest BCUT2D eigenvalue weighted by Gasteiger charge is 2.21. The topological polar surface area (TPSA) is 25.2 Å². The van der Waals surface area contributed by atoms with E-state index >= 15 is 0 Å². The number of benzene rings is 7. The monoisotopic (exact) mass is 622 g/mol. The second-order valence-electron chi connectivity index (χ2n) is 13.1. The van der Waals surface area contributed by atoms with Crippen molar-refractivity contribution in [3.63, 3.8) is 0 Å². The predicted molar refractivity (Wildman–Crippen MR) is 203 cm³/mol. The van der Waals surface area contributed by atoms with Crippen LogP contribution >= 0.6 is 11.3 Å². The molecule has 0 saturated heterocycles. The van der Waals surface area contributed by atoms with Gasteiger partial charge in [0.25, 0.3) is 0 Å². The van der Waals surface area contributed by atoms with Crippen LogP contribution in [0.15, 0.2) is 151 Å². The van der Waals surface area contributed by atoms with Crippen LogP contribution in [0.3, 0.4) is 0 Å². The Kier molecular flexibility index (Phi) is 7.27. The lowest BCUT2D eigenvalue weighted by atomic mass is 9.84. The predicted octanol–water partition coefficient (Wildman–Crippen LogP) is 12.7. The second kappa shape index (κ2) is 11.8. The van der Waals surface area contributed by atoms with Crippen LogP contribution in [0.25, 0.3) is 64.6 Å². The van der Waals surface area contributed by atoms with Crippen molar-refractivity contribution in [3.8, 4) is 32.8 Å². The van der Waals surface area contributed by atoms with Gasteiger partial charge in [-0.25, -0.2) is 4.98 Å². The number of nitrogens with zero attached hydrogens (tertiary/aromatic N) is 2. The zero-order valence-electron chi connectivity index (χ0n) is 26.7. The molecule has 0 aliphatic rings. The van der Waals surface area contributed by atoms with Crippen molar-refractivity contribution in [2.24, 2.45) is 4.99 Å². The fourth-order valence-corrected chi connectivity index (χ4v) is 7.52. The van der Waals surface area contributed by atoms with Gasteiger partial charge < -0.3 is 0 Å². The molecular formula is C44H34N2S. The van der Waals surface area contributed by atoms with Crippen molar-refractivity contribution >= 4 is 55.0 Å². The smallest absolute Gasteiger partial charge is 0.126 e. The lowest BCUT2D eigenvalue weighted by Gasteiger charge is -2.21. The van der Waals surface area contributed by atoms with E-state index in [1.807, 2.05) is 6.21 Å². The van der Waals surface area contributed by atoms with Gasteiger partial charge in [-0.1, -0.05) is 142 Å². The van der Waals surface area contributed by atoms with Gasteiger partial charge in [0.1, 0.15) is 5.01 Å². The average Bonchev–Trinajstić information content (AvgIpc) is 3.54. The van der Waals surface area contributed by atoms with Crippen molar-refractivity contribution in [1.29, 1.82) is 0 Å². The van der Waals surface area contributed by atoms with Crippen LogP contribution in [0.4, 0.5) is 5.69 Å². The highest BCUT2D eigenvalue weighted by molar-refractivity contribution is 7.21. The molecule has 8 rings (SSSR count). The molecule has 3 heteroatoms. The largest absolute Gasteiger partial charge is 0.256 e. The minimum absolute atomic E-state index is 0.0203. The van der Waals surface area contributed by atoms with Crippen molar-refractivity contribution in [3.05, 3.63) is 157 Å². The molecule has 0 bridgehead atoms. The Balaban J connectivity index is 1.30. The van der Waals surface area contributed by atoms with Crippen LogP contribution in [-0.4, -0.2) is 11.2 Å². The Morgan fingerprint density at radius 2 is 1.23 bits per heavy atom. The molecule has 1 aromatic heterocycles. The summed E-state index contributed by atoms with van der Waals surface area (Å²) in [5.74, 6) is 0. The fraction of sp³-hybridized carbons (Fsp3) is 0.0909. The minimum Gasteiger partial charge on any atom is -0.256 e. The molecule has 0 N–H and O–H groups in total. The van der Waals surface area contributed by atoms with Crippen molar-refractivity contribution < 1.29 is 0 Å². The summed E-state index contributed by atoms with van der Waals surface area (Å²) in [6.07, 6.45) is 1.98. The summed E-state index contributed by atoms with van der Waals surface area (Å²) in [7, 11) is 0. The van der Waals surface area contributed by atoms with E-state index in [1.54, 1.807) is 11.3 Å². The first-order valence-corrected chi connectivity index (χ1v) is 16.9. The maximum absolute atomic E-state index is 5.38. The zero-order valence-corrected chi connectivity index (χ0v) is 27.6. The average molecular weight is 623 g/mol. The zero-order chi connectivity index (χ0) is 32.0. The summed E-state index contributed by atoms with van der Waals surface area (Å²) < 4.78 is 1.19. The van der Waals surface area contributed by atoms with Gasteiger partial charge >= 0.3 is 0 Å². The van der Waals surface area contributed by atoms with Crippen molar-refractivity contribution in [2.45, 2.75) is 26.2 Å². The third-order valence-electron chi connectivity index (χ3n) is 8.96. The molecule has 0 atom stereocenters. The van der Waals surface area contributed by atoms with E-state index in [-0.39, 0.29) is 5.41 Å². The molecule has 8 aromatic rings.